The number of hydrogen-bond acceptors (Lipinski definition) is 3. The first-order chi connectivity index (χ1) is 14.1. The van der Waals surface area contributed by atoms with Crippen LogP contribution in [-0.4, -0.2) is 22.2 Å². The second-order valence-electron chi connectivity index (χ2n) is 7.82. The van der Waals surface area contributed by atoms with Crippen molar-refractivity contribution in [2.45, 2.75) is 39.2 Å². The molecule has 7 heteroatoms. The number of hydrogen-bond donors (Lipinski definition) is 2. The van der Waals surface area contributed by atoms with Gasteiger partial charge in [0, 0.05) is 17.8 Å². The molecule has 0 atom stereocenters. The molecular formula is C23H24ClFN4O. The summed E-state index contributed by atoms with van der Waals surface area (Å²) in [7, 11) is 0. The summed E-state index contributed by atoms with van der Waals surface area (Å²) in [5.74, 6) is -0.672. The lowest BCUT2D eigenvalue weighted by Crippen LogP contribution is -2.25. The maximum Gasteiger partial charge on any atom is 0.276 e. The first-order valence-electron chi connectivity index (χ1n) is 10.1. The minimum Gasteiger partial charge on any atom is -0.318 e. The number of carbonyl (C=O) groups is 1. The third kappa shape index (κ3) is 3.50. The summed E-state index contributed by atoms with van der Waals surface area (Å²) < 4.78 is 16.8. The van der Waals surface area contributed by atoms with E-state index in [1.807, 2.05) is 41.9 Å². The topological polar surface area (TPSA) is 59.0 Å². The van der Waals surface area contributed by atoms with Crippen LogP contribution in [0.4, 0.5) is 10.1 Å². The Morgan fingerprint density at radius 1 is 1.10 bits per heavy atom. The molecule has 2 heterocycles. The van der Waals surface area contributed by atoms with E-state index in [-0.39, 0.29) is 29.8 Å². The van der Waals surface area contributed by atoms with Gasteiger partial charge < -0.3 is 10.6 Å². The van der Waals surface area contributed by atoms with Crippen LogP contribution in [0.1, 0.15) is 44.9 Å². The number of benzene rings is 2. The molecule has 1 aliphatic carbocycles. The number of rotatable bonds is 3. The van der Waals surface area contributed by atoms with Gasteiger partial charge in [0.15, 0.2) is 5.69 Å². The van der Waals surface area contributed by atoms with E-state index in [9.17, 15) is 9.18 Å². The fourth-order valence-electron chi connectivity index (χ4n) is 4.33. The fourth-order valence-corrected chi connectivity index (χ4v) is 4.33. The van der Waals surface area contributed by atoms with E-state index in [2.05, 4.69) is 15.7 Å². The summed E-state index contributed by atoms with van der Waals surface area (Å²) in [6.07, 6.45) is 3.34. The van der Waals surface area contributed by atoms with E-state index in [0.717, 1.165) is 48.3 Å². The molecule has 0 fully saturated rings. The SMILES string of the molecule is Cc1ccc(-n2nc(C(=O)Nc3ccc4c(c3F)CCNC4)c3c2CCC3)cc1.Cl. The number of anilines is 1. The van der Waals surface area contributed by atoms with E-state index in [1.54, 1.807) is 6.07 Å². The number of carbonyl (C=O) groups excluding carboxylic acids is 1. The van der Waals surface area contributed by atoms with E-state index < -0.39 is 0 Å². The van der Waals surface area contributed by atoms with Gasteiger partial charge >= 0.3 is 0 Å². The van der Waals surface area contributed by atoms with Crippen LogP contribution >= 0.6 is 12.4 Å². The second-order valence-corrected chi connectivity index (χ2v) is 7.82. The van der Waals surface area contributed by atoms with E-state index >= 15 is 0 Å². The van der Waals surface area contributed by atoms with Gasteiger partial charge in [0.1, 0.15) is 5.82 Å². The summed E-state index contributed by atoms with van der Waals surface area (Å²) >= 11 is 0. The van der Waals surface area contributed by atoms with Crippen LogP contribution in [0, 0.1) is 12.7 Å². The molecule has 2 N–H and O–H groups in total. The van der Waals surface area contributed by atoms with Gasteiger partial charge in [0.05, 0.1) is 11.4 Å². The summed E-state index contributed by atoms with van der Waals surface area (Å²) in [5.41, 5.74) is 6.45. The lowest BCUT2D eigenvalue weighted by atomic mass is 9.99. The molecule has 30 heavy (non-hydrogen) atoms. The van der Waals surface area contributed by atoms with Gasteiger partial charge in [-0.15, -0.1) is 12.4 Å². The van der Waals surface area contributed by atoms with Crippen LogP contribution in [0.25, 0.3) is 5.69 Å². The summed E-state index contributed by atoms with van der Waals surface area (Å²) in [4.78, 5) is 13.0. The van der Waals surface area contributed by atoms with Crippen LogP contribution in [0.5, 0.6) is 0 Å². The quantitative estimate of drug-likeness (QED) is 0.662. The Bertz CT molecular complexity index is 1110. The fraction of sp³-hybridized carbons (Fsp3) is 0.304. The van der Waals surface area contributed by atoms with Crippen molar-refractivity contribution in [2.75, 3.05) is 11.9 Å². The third-order valence-electron chi connectivity index (χ3n) is 5.88. The zero-order valence-electron chi connectivity index (χ0n) is 16.8. The van der Waals surface area contributed by atoms with Crippen molar-refractivity contribution >= 4 is 24.0 Å². The Labute approximate surface area is 181 Å². The smallest absolute Gasteiger partial charge is 0.276 e. The van der Waals surface area contributed by atoms with Crippen molar-refractivity contribution in [2.24, 2.45) is 0 Å². The number of halogens is 2. The molecule has 0 bridgehead atoms. The maximum atomic E-state index is 14.9. The van der Waals surface area contributed by atoms with Crippen molar-refractivity contribution in [3.63, 3.8) is 0 Å². The minimum atomic E-state index is -0.346. The average Bonchev–Trinajstić information content (AvgIpc) is 3.34. The van der Waals surface area contributed by atoms with Gasteiger partial charge in [-0.1, -0.05) is 23.8 Å². The van der Waals surface area contributed by atoms with Crippen molar-refractivity contribution in [1.29, 1.82) is 0 Å². The highest BCUT2D eigenvalue weighted by Crippen LogP contribution is 2.30. The molecule has 0 spiro atoms. The van der Waals surface area contributed by atoms with Crippen LogP contribution < -0.4 is 10.6 Å². The Balaban J connectivity index is 0.00000218. The maximum absolute atomic E-state index is 14.9. The van der Waals surface area contributed by atoms with Crippen LogP contribution in [0.2, 0.25) is 0 Å². The van der Waals surface area contributed by atoms with E-state index in [4.69, 9.17) is 0 Å². The molecule has 5 rings (SSSR count). The Hall–Kier alpha value is -2.70. The largest absolute Gasteiger partial charge is 0.318 e. The van der Waals surface area contributed by atoms with Crippen LogP contribution in [0.3, 0.4) is 0 Å². The number of aryl methyl sites for hydroxylation is 1. The van der Waals surface area contributed by atoms with Crippen molar-refractivity contribution in [3.8, 4) is 5.69 Å². The molecule has 3 aromatic rings. The molecular weight excluding hydrogens is 403 g/mol. The molecule has 0 unspecified atom stereocenters. The number of nitrogens with zero attached hydrogens (tertiary/aromatic N) is 2. The first kappa shape index (κ1) is 20.6. The van der Waals surface area contributed by atoms with Crippen molar-refractivity contribution in [3.05, 3.63) is 75.9 Å². The molecule has 2 aliphatic rings. The molecule has 1 amide bonds. The highest BCUT2D eigenvalue weighted by atomic mass is 35.5. The van der Waals surface area contributed by atoms with E-state index in [0.29, 0.717) is 24.2 Å². The Morgan fingerprint density at radius 2 is 1.90 bits per heavy atom. The predicted octanol–water partition coefficient (Wildman–Crippen LogP) is 4.13. The lowest BCUT2D eigenvalue weighted by Gasteiger charge is -2.19. The number of amides is 1. The van der Waals surface area contributed by atoms with Gasteiger partial charge in [-0.2, -0.15) is 5.10 Å². The molecule has 0 saturated heterocycles. The molecule has 0 saturated carbocycles. The summed E-state index contributed by atoms with van der Waals surface area (Å²) in [6, 6.07) is 11.6. The zero-order valence-corrected chi connectivity index (χ0v) is 17.6. The number of aromatic nitrogens is 2. The van der Waals surface area contributed by atoms with Gasteiger partial charge in [-0.3, -0.25) is 4.79 Å². The highest BCUT2D eigenvalue weighted by Gasteiger charge is 2.28. The van der Waals surface area contributed by atoms with Crippen molar-refractivity contribution in [1.82, 2.24) is 15.1 Å². The van der Waals surface area contributed by atoms with Crippen molar-refractivity contribution < 1.29 is 9.18 Å². The van der Waals surface area contributed by atoms with Crippen LogP contribution in [-0.2, 0) is 25.8 Å². The number of fused-ring (bicyclic) bond motifs is 2. The van der Waals surface area contributed by atoms with Crippen LogP contribution in [0.15, 0.2) is 36.4 Å². The first-order valence-corrected chi connectivity index (χ1v) is 10.1. The standard InChI is InChI=1S/C23H23FN4O.ClH/c1-14-5-8-16(9-6-14)28-20-4-2-3-18(20)22(27-28)23(29)26-19-10-7-15-13-25-12-11-17(15)21(19)24;/h5-10,25H,2-4,11-13H2,1H3,(H,26,29);1H. The monoisotopic (exact) mass is 426 g/mol. The minimum absolute atomic E-state index is 0. The third-order valence-corrected chi connectivity index (χ3v) is 5.88. The Kier molecular flexibility index (Phi) is 5.62. The molecule has 5 nitrogen and oxygen atoms in total. The predicted molar refractivity (Wildman–Crippen MR) is 117 cm³/mol. The van der Waals surface area contributed by atoms with Gasteiger partial charge in [-0.05, 0) is 68.5 Å². The average molecular weight is 427 g/mol. The van der Waals surface area contributed by atoms with E-state index in [1.165, 1.54) is 5.56 Å². The molecule has 1 aliphatic heterocycles. The molecule has 156 valence electrons. The lowest BCUT2D eigenvalue weighted by molar-refractivity contribution is 0.102. The normalized spacial score (nSPS) is 14.6. The van der Waals surface area contributed by atoms with Gasteiger partial charge in [0.2, 0.25) is 0 Å². The molecule has 1 aromatic heterocycles. The number of nitrogens with one attached hydrogen (secondary N) is 2. The second kappa shape index (κ2) is 8.20. The zero-order chi connectivity index (χ0) is 20.0. The summed E-state index contributed by atoms with van der Waals surface area (Å²) in [6.45, 7) is 3.45. The van der Waals surface area contributed by atoms with Gasteiger partial charge in [-0.25, -0.2) is 9.07 Å². The Morgan fingerprint density at radius 3 is 2.70 bits per heavy atom. The molecule has 2 aromatic carbocycles. The van der Waals surface area contributed by atoms with Gasteiger partial charge in [0.25, 0.3) is 5.91 Å². The summed E-state index contributed by atoms with van der Waals surface area (Å²) in [5, 5.41) is 10.6. The highest BCUT2D eigenvalue weighted by molar-refractivity contribution is 6.04. The molecule has 0 radical (unpaired) electrons.